The van der Waals surface area contributed by atoms with Crippen molar-refractivity contribution in [1.82, 2.24) is 4.90 Å². The molecule has 5 heteroatoms. The molecular weight excluding hydrogens is 366 g/mol. The molecule has 0 aromatic heterocycles. The predicted octanol–water partition coefficient (Wildman–Crippen LogP) is 4.78. The zero-order valence-electron chi connectivity index (χ0n) is 17.0. The van der Waals surface area contributed by atoms with Crippen LogP contribution in [0.5, 0.6) is 5.75 Å². The Morgan fingerprint density at radius 3 is 2.45 bits per heavy atom. The molecule has 0 spiro atoms. The Balaban J connectivity index is 1.37. The van der Waals surface area contributed by atoms with Gasteiger partial charge in [0.05, 0.1) is 13.2 Å². The number of rotatable bonds is 10. The fourth-order valence-electron chi connectivity index (χ4n) is 3.67. The van der Waals surface area contributed by atoms with Crippen molar-refractivity contribution in [1.29, 1.82) is 0 Å². The third-order valence-corrected chi connectivity index (χ3v) is 5.31. The number of methoxy groups -OCH3 is 1. The smallest absolute Gasteiger partial charge is 0.416 e. The molecule has 1 fully saturated rings. The van der Waals surface area contributed by atoms with Crippen LogP contribution in [-0.2, 0) is 22.4 Å². The maximum atomic E-state index is 12.6. The van der Waals surface area contributed by atoms with E-state index in [1.807, 2.05) is 42.5 Å². The van der Waals surface area contributed by atoms with Crippen molar-refractivity contribution < 1.29 is 19.1 Å². The molecule has 0 bridgehead atoms. The molecule has 1 aliphatic rings. The van der Waals surface area contributed by atoms with Crippen molar-refractivity contribution in [3.05, 3.63) is 65.7 Å². The Hall–Kier alpha value is -2.82. The summed E-state index contributed by atoms with van der Waals surface area (Å²) < 4.78 is 10.3. The monoisotopic (exact) mass is 395 g/mol. The first kappa shape index (κ1) is 20.9. The number of imide groups is 1. The highest BCUT2D eigenvalue weighted by Gasteiger charge is 2.37. The van der Waals surface area contributed by atoms with Gasteiger partial charge in [-0.15, -0.1) is 0 Å². The zero-order valence-corrected chi connectivity index (χ0v) is 17.0. The summed E-state index contributed by atoms with van der Waals surface area (Å²) in [4.78, 5) is 25.9. The summed E-state index contributed by atoms with van der Waals surface area (Å²) in [5, 5.41) is 0. The van der Waals surface area contributed by atoms with Gasteiger partial charge in [0, 0.05) is 6.42 Å². The Labute approximate surface area is 172 Å². The number of cyclic esters (lactones) is 1. The van der Waals surface area contributed by atoms with Crippen molar-refractivity contribution in [2.24, 2.45) is 0 Å². The minimum absolute atomic E-state index is 0.122. The van der Waals surface area contributed by atoms with Crippen LogP contribution in [0.1, 0.15) is 43.2 Å². The average Bonchev–Trinajstić information content (AvgIpc) is 3.11. The van der Waals surface area contributed by atoms with E-state index in [1.165, 1.54) is 10.5 Å². The van der Waals surface area contributed by atoms with E-state index in [-0.39, 0.29) is 18.6 Å². The minimum atomic E-state index is -0.504. The van der Waals surface area contributed by atoms with Gasteiger partial charge in [0.25, 0.3) is 0 Å². The van der Waals surface area contributed by atoms with Gasteiger partial charge in [-0.1, -0.05) is 55.3 Å². The average molecular weight is 395 g/mol. The summed E-state index contributed by atoms with van der Waals surface area (Å²) in [5.41, 5.74) is 2.40. The van der Waals surface area contributed by atoms with Crippen LogP contribution in [0.4, 0.5) is 4.79 Å². The van der Waals surface area contributed by atoms with Crippen LogP contribution >= 0.6 is 0 Å². The quantitative estimate of drug-likeness (QED) is 0.543. The zero-order chi connectivity index (χ0) is 20.5. The molecule has 1 aliphatic heterocycles. The number of carbonyl (C=O) groups is 2. The molecule has 1 saturated heterocycles. The van der Waals surface area contributed by atoms with Crippen LogP contribution in [0.2, 0.25) is 0 Å². The van der Waals surface area contributed by atoms with Crippen LogP contribution in [-0.4, -0.2) is 36.7 Å². The molecule has 0 saturated carbocycles. The second-order valence-corrected chi connectivity index (χ2v) is 7.45. The first-order valence-corrected chi connectivity index (χ1v) is 10.3. The normalized spacial score (nSPS) is 16.0. The van der Waals surface area contributed by atoms with Gasteiger partial charge in [0.1, 0.15) is 12.4 Å². The van der Waals surface area contributed by atoms with Gasteiger partial charge in [-0.25, -0.2) is 9.69 Å². The number of hydrogen-bond donors (Lipinski definition) is 0. The molecule has 0 aliphatic carbocycles. The van der Waals surface area contributed by atoms with Crippen LogP contribution in [0, 0.1) is 0 Å². The van der Waals surface area contributed by atoms with Gasteiger partial charge >= 0.3 is 6.09 Å². The summed E-state index contributed by atoms with van der Waals surface area (Å²) in [6.45, 7) is 0.279. The van der Waals surface area contributed by atoms with E-state index < -0.39 is 6.09 Å². The summed E-state index contributed by atoms with van der Waals surface area (Å²) in [7, 11) is 1.67. The SMILES string of the molecule is COc1ccc(CCCCCCC(=O)N2C(=O)OC[C@@H]2Cc2ccccc2)cc1. The number of unbranched alkanes of at least 4 members (excludes halogenated alkanes) is 3. The molecule has 5 nitrogen and oxygen atoms in total. The van der Waals surface area contributed by atoms with E-state index in [0.717, 1.165) is 43.4 Å². The van der Waals surface area contributed by atoms with Crippen LogP contribution in [0.3, 0.4) is 0 Å². The summed E-state index contributed by atoms with van der Waals surface area (Å²) >= 11 is 0. The lowest BCUT2D eigenvalue weighted by Crippen LogP contribution is -2.40. The summed E-state index contributed by atoms with van der Waals surface area (Å²) in [5.74, 6) is 0.752. The van der Waals surface area contributed by atoms with Crippen LogP contribution in [0.25, 0.3) is 0 Å². The molecule has 2 aromatic carbocycles. The third kappa shape index (κ3) is 6.08. The number of amides is 2. The highest BCUT2D eigenvalue weighted by atomic mass is 16.6. The van der Waals surface area contributed by atoms with Crippen LogP contribution < -0.4 is 4.74 Å². The molecule has 2 aromatic rings. The number of nitrogens with zero attached hydrogens (tertiary/aromatic N) is 1. The number of benzene rings is 2. The number of aryl methyl sites for hydroxylation is 1. The van der Waals surface area contributed by atoms with Crippen molar-refractivity contribution in [3.8, 4) is 5.75 Å². The largest absolute Gasteiger partial charge is 0.497 e. The van der Waals surface area contributed by atoms with Crippen molar-refractivity contribution in [2.45, 2.75) is 51.0 Å². The van der Waals surface area contributed by atoms with Crippen molar-refractivity contribution in [2.75, 3.05) is 13.7 Å². The molecule has 3 rings (SSSR count). The second-order valence-electron chi connectivity index (χ2n) is 7.45. The van der Waals surface area contributed by atoms with Gasteiger partial charge in [-0.05, 0) is 48.9 Å². The number of hydrogen-bond acceptors (Lipinski definition) is 4. The Bertz CT molecular complexity index is 788. The Morgan fingerprint density at radius 2 is 1.72 bits per heavy atom. The van der Waals surface area contributed by atoms with Gasteiger partial charge in [-0.3, -0.25) is 4.79 Å². The molecule has 0 N–H and O–H groups in total. The summed E-state index contributed by atoms with van der Waals surface area (Å²) in [6.07, 6.45) is 5.48. The molecule has 154 valence electrons. The lowest BCUT2D eigenvalue weighted by atomic mass is 10.0. The summed E-state index contributed by atoms with van der Waals surface area (Å²) in [6, 6.07) is 17.8. The van der Waals surface area contributed by atoms with E-state index in [9.17, 15) is 9.59 Å². The van der Waals surface area contributed by atoms with E-state index in [1.54, 1.807) is 7.11 Å². The first-order chi connectivity index (χ1) is 14.2. The van der Waals surface area contributed by atoms with E-state index in [4.69, 9.17) is 9.47 Å². The van der Waals surface area contributed by atoms with Gasteiger partial charge < -0.3 is 9.47 Å². The minimum Gasteiger partial charge on any atom is -0.497 e. The van der Waals surface area contributed by atoms with Gasteiger partial charge in [0.15, 0.2) is 0 Å². The molecule has 29 heavy (non-hydrogen) atoms. The second kappa shape index (κ2) is 10.6. The van der Waals surface area contributed by atoms with E-state index >= 15 is 0 Å². The number of carbonyl (C=O) groups excluding carboxylic acids is 2. The van der Waals surface area contributed by atoms with E-state index in [2.05, 4.69) is 12.1 Å². The standard InChI is InChI=1S/C24H29NO4/c1-28-22-15-13-19(14-16-22)9-5-2-3-8-12-23(26)25-21(18-29-24(25)27)17-20-10-6-4-7-11-20/h4,6-7,10-11,13-16,21H,2-3,5,8-9,12,17-18H2,1H3/t21-/m0/s1. The molecule has 1 heterocycles. The predicted molar refractivity (Wildman–Crippen MR) is 112 cm³/mol. The molecule has 0 radical (unpaired) electrons. The Morgan fingerprint density at radius 1 is 1.00 bits per heavy atom. The maximum absolute atomic E-state index is 12.6. The van der Waals surface area contributed by atoms with Crippen molar-refractivity contribution in [3.63, 3.8) is 0 Å². The van der Waals surface area contributed by atoms with Gasteiger partial charge in [0.2, 0.25) is 5.91 Å². The fraction of sp³-hybridized carbons (Fsp3) is 0.417. The van der Waals surface area contributed by atoms with Crippen LogP contribution in [0.15, 0.2) is 54.6 Å². The third-order valence-electron chi connectivity index (χ3n) is 5.31. The van der Waals surface area contributed by atoms with Crippen molar-refractivity contribution >= 4 is 12.0 Å². The fourth-order valence-corrected chi connectivity index (χ4v) is 3.67. The highest BCUT2D eigenvalue weighted by molar-refractivity contribution is 5.93. The lowest BCUT2D eigenvalue weighted by Gasteiger charge is -2.19. The maximum Gasteiger partial charge on any atom is 0.416 e. The lowest BCUT2D eigenvalue weighted by molar-refractivity contribution is -0.129. The van der Waals surface area contributed by atoms with Gasteiger partial charge in [-0.2, -0.15) is 0 Å². The molecule has 0 unspecified atom stereocenters. The van der Waals surface area contributed by atoms with E-state index in [0.29, 0.717) is 12.8 Å². The molecule has 2 amide bonds. The first-order valence-electron chi connectivity index (χ1n) is 10.3. The molecule has 1 atom stereocenters. The topological polar surface area (TPSA) is 55.8 Å². The Kier molecular flexibility index (Phi) is 7.68. The molecular formula is C24H29NO4. The number of ether oxygens (including phenoxy) is 2. The highest BCUT2D eigenvalue weighted by Crippen LogP contribution is 2.20.